The van der Waals surface area contributed by atoms with E-state index in [4.69, 9.17) is 11.6 Å². The van der Waals surface area contributed by atoms with Crippen molar-refractivity contribution in [3.05, 3.63) is 55.0 Å². The molecule has 0 bridgehead atoms. The Balaban J connectivity index is 1.62. The summed E-state index contributed by atoms with van der Waals surface area (Å²) in [7, 11) is -3.62. The standard InChI is InChI=1S/C15H13ClIN3O3S2/c16-13-3-2-11(24-13)6-8-25(22,23)19-12-5-7-20(15(12)21)14-4-1-10(17)9-18-14/h1-5,9,19H,6-8H2. The molecular weight excluding hydrogens is 497 g/mol. The molecule has 0 aliphatic carbocycles. The highest BCUT2D eigenvalue weighted by molar-refractivity contribution is 14.1. The van der Waals surface area contributed by atoms with Crippen LogP contribution in [0.25, 0.3) is 0 Å². The molecule has 0 spiro atoms. The van der Waals surface area contributed by atoms with Crippen molar-refractivity contribution in [2.75, 3.05) is 17.2 Å². The number of halogens is 2. The first-order valence-electron chi connectivity index (χ1n) is 7.22. The predicted octanol–water partition coefficient (Wildman–Crippen LogP) is 2.79. The van der Waals surface area contributed by atoms with Crippen molar-refractivity contribution in [2.24, 2.45) is 0 Å². The van der Waals surface area contributed by atoms with E-state index >= 15 is 0 Å². The summed E-state index contributed by atoms with van der Waals surface area (Å²) < 4.78 is 28.4. The molecule has 1 aliphatic rings. The second kappa shape index (κ2) is 7.60. The van der Waals surface area contributed by atoms with E-state index in [1.165, 1.54) is 16.2 Å². The Labute approximate surface area is 168 Å². The van der Waals surface area contributed by atoms with Crippen LogP contribution >= 0.6 is 45.5 Å². The summed E-state index contributed by atoms with van der Waals surface area (Å²) in [5, 5.41) is 0. The van der Waals surface area contributed by atoms with Crippen LogP contribution in [-0.4, -0.2) is 31.6 Å². The van der Waals surface area contributed by atoms with Gasteiger partial charge in [0.1, 0.15) is 11.5 Å². The highest BCUT2D eigenvalue weighted by atomic mass is 127. The molecule has 0 fully saturated rings. The number of nitrogens with one attached hydrogen (secondary N) is 1. The largest absolute Gasteiger partial charge is 0.287 e. The summed E-state index contributed by atoms with van der Waals surface area (Å²) in [6.45, 7) is 0.283. The first-order chi connectivity index (χ1) is 11.8. The first-order valence-corrected chi connectivity index (χ1v) is 11.1. The number of anilines is 1. The third-order valence-corrected chi connectivity index (χ3v) is 6.65. The number of aromatic nitrogens is 1. The number of hydrogen-bond donors (Lipinski definition) is 1. The fourth-order valence-corrected chi connectivity index (χ4v) is 4.88. The van der Waals surface area contributed by atoms with E-state index in [0.717, 1.165) is 8.45 Å². The fraction of sp³-hybridized carbons (Fsp3) is 0.200. The molecule has 0 aromatic carbocycles. The lowest BCUT2D eigenvalue weighted by molar-refractivity contribution is -0.114. The molecule has 2 aromatic rings. The van der Waals surface area contributed by atoms with Gasteiger partial charge in [0, 0.05) is 21.2 Å². The van der Waals surface area contributed by atoms with Crippen molar-refractivity contribution in [3.8, 4) is 0 Å². The van der Waals surface area contributed by atoms with Crippen LogP contribution in [0.2, 0.25) is 4.34 Å². The van der Waals surface area contributed by atoms with E-state index in [2.05, 4.69) is 32.3 Å². The second-order valence-corrected chi connectivity index (χ2v) is 10.1. The molecule has 25 heavy (non-hydrogen) atoms. The molecule has 0 saturated carbocycles. The van der Waals surface area contributed by atoms with Gasteiger partial charge in [0.2, 0.25) is 10.0 Å². The molecule has 0 unspecified atom stereocenters. The van der Waals surface area contributed by atoms with Crippen LogP contribution < -0.4 is 9.62 Å². The molecule has 0 saturated heterocycles. The summed E-state index contributed by atoms with van der Waals surface area (Å²) in [5.41, 5.74) is 0.0598. The molecule has 6 nitrogen and oxygen atoms in total. The van der Waals surface area contributed by atoms with Crippen molar-refractivity contribution in [1.29, 1.82) is 0 Å². The Kier molecular flexibility index (Phi) is 5.66. The summed E-state index contributed by atoms with van der Waals surface area (Å²) >= 11 is 9.31. The maximum Gasteiger partial charge on any atom is 0.276 e. The summed E-state index contributed by atoms with van der Waals surface area (Å²) in [6, 6.07) is 7.10. The molecule has 2 aromatic heterocycles. The van der Waals surface area contributed by atoms with E-state index in [9.17, 15) is 13.2 Å². The Morgan fingerprint density at radius 2 is 2.12 bits per heavy atom. The second-order valence-electron chi connectivity index (χ2n) is 5.24. The third kappa shape index (κ3) is 4.72. The summed E-state index contributed by atoms with van der Waals surface area (Å²) in [5.74, 6) is -0.0310. The highest BCUT2D eigenvalue weighted by Gasteiger charge is 2.28. The Morgan fingerprint density at radius 1 is 1.32 bits per heavy atom. The first kappa shape index (κ1) is 18.6. The van der Waals surface area contributed by atoms with Gasteiger partial charge in [-0.2, -0.15) is 0 Å². The molecule has 1 amide bonds. The van der Waals surface area contributed by atoms with E-state index in [1.807, 2.05) is 6.07 Å². The quantitative estimate of drug-likeness (QED) is 0.608. The molecule has 132 valence electrons. The van der Waals surface area contributed by atoms with Gasteiger partial charge in [0.25, 0.3) is 5.91 Å². The fourth-order valence-electron chi connectivity index (χ4n) is 2.25. The van der Waals surface area contributed by atoms with Crippen molar-refractivity contribution >= 4 is 67.3 Å². The number of amides is 1. The van der Waals surface area contributed by atoms with Gasteiger partial charge in [-0.1, -0.05) is 11.6 Å². The van der Waals surface area contributed by atoms with Gasteiger partial charge in [-0.3, -0.25) is 14.4 Å². The Hall–Kier alpha value is -1.17. The van der Waals surface area contributed by atoms with Crippen LogP contribution in [0.15, 0.2) is 42.2 Å². The van der Waals surface area contributed by atoms with Crippen LogP contribution in [0.3, 0.4) is 0 Å². The minimum Gasteiger partial charge on any atom is -0.287 e. The van der Waals surface area contributed by atoms with Crippen molar-refractivity contribution in [1.82, 2.24) is 9.71 Å². The third-order valence-electron chi connectivity index (χ3n) is 3.45. The molecule has 1 N–H and O–H groups in total. The zero-order valence-electron chi connectivity index (χ0n) is 12.8. The van der Waals surface area contributed by atoms with Gasteiger partial charge >= 0.3 is 0 Å². The molecule has 10 heteroatoms. The Bertz CT molecular complexity index is 926. The molecular formula is C15H13ClIN3O3S2. The van der Waals surface area contributed by atoms with Crippen molar-refractivity contribution < 1.29 is 13.2 Å². The summed E-state index contributed by atoms with van der Waals surface area (Å²) in [4.78, 5) is 18.9. The Morgan fingerprint density at radius 3 is 2.76 bits per heavy atom. The highest BCUT2D eigenvalue weighted by Crippen LogP contribution is 2.22. The lowest BCUT2D eigenvalue weighted by atomic mass is 10.4. The smallest absolute Gasteiger partial charge is 0.276 e. The van der Waals surface area contributed by atoms with E-state index in [0.29, 0.717) is 16.6 Å². The van der Waals surface area contributed by atoms with Crippen molar-refractivity contribution in [2.45, 2.75) is 6.42 Å². The average Bonchev–Trinajstić information content (AvgIpc) is 3.13. The van der Waals surface area contributed by atoms with Crippen LogP contribution in [0.5, 0.6) is 0 Å². The lowest BCUT2D eigenvalue weighted by Gasteiger charge is -2.15. The molecule has 0 radical (unpaired) electrons. The maximum atomic E-state index is 12.4. The van der Waals surface area contributed by atoms with Gasteiger partial charge in [0.05, 0.1) is 10.1 Å². The van der Waals surface area contributed by atoms with Crippen LogP contribution in [-0.2, 0) is 21.2 Å². The monoisotopic (exact) mass is 509 g/mol. The predicted molar refractivity (Wildman–Crippen MR) is 107 cm³/mol. The lowest BCUT2D eigenvalue weighted by Crippen LogP contribution is -2.34. The average molecular weight is 510 g/mol. The van der Waals surface area contributed by atoms with Gasteiger partial charge in [-0.05, 0) is 59.4 Å². The zero-order valence-corrected chi connectivity index (χ0v) is 17.3. The van der Waals surface area contributed by atoms with E-state index in [-0.39, 0.29) is 18.0 Å². The molecule has 3 heterocycles. The van der Waals surface area contributed by atoms with E-state index in [1.54, 1.807) is 30.5 Å². The number of carbonyl (C=O) groups excluding carboxylic acids is 1. The topological polar surface area (TPSA) is 79.4 Å². The number of thiophene rings is 1. The molecule has 3 rings (SSSR count). The van der Waals surface area contributed by atoms with Gasteiger partial charge in [-0.15, -0.1) is 11.3 Å². The summed E-state index contributed by atoms with van der Waals surface area (Å²) in [6.07, 6.45) is 3.55. The van der Waals surface area contributed by atoms with Crippen molar-refractivity contribution in [3.63, 3.8) is 0 Å². The number of nitrogens with zero attached hydrogens (tertiary/aromatic N) is 2. The normalized spacial score (nSPS) is 14.7. The zero-order chi connectivity index (χ0) is 18.0. The number of pyridine rings is 1. The maximum absolute atomic E-state index is 12.4. The van der Waals surface area contributed by atoms with Gasteiger partial charge in [-0.25, -0.2) is 13.4 Å². The number of sulfonamides is 1. The number of hydrogen-bond acceptors (Lipinski definition) is 5. The SMILES string of the molecule is O=C1C(NS(=O)(=O)CCc2ccc(Cl)s2)=CCN1c1ccc(I)cn1. The number of carbonyl (C=O) groups is 1. The van der Waals surface area contributed by atoms with Crippen LogP contribution in [0.1, 0.15) is 4.88 Å². The minimum atomic E-state index is -3.62. The van der Waals surface area contributed by atoms with Crippen LogP contribution in [0.4, 0.5) is 5.82 Å². The molecule has 0 atom stereocenters. The van der Waals surface area contributed by atoms with Gasteiger partial charge in [0.15, 0.2) is 0 Å². The van der Waals surface area contributed by atoms with Crippen LogP contribution in [0, 0.1) is 3.57 Å². The van der Waals surface area contributed by atoms with Gasteiger partial charge < -0.3 is 0 Å². The number of rotatable bonds is 6. The number of aryl methyl sites for hydroxylation is 1. The molecule has 1 aliphatic heterocycles. The minimum absolute atomic E-state index is 0.0598. The van der Waals surface area contributed by atoms with E-state index < -0.39 is 15.9 Å².